The Morgan fingerprint density at radius 1 is 1.09 bits per heavy atom. The van der Waals surface area contributed by atoms with E-state index in [0.29, 0.717) is 56.2 Å². The van der Waals surface area contributed by atoms with Crippen LogP contribution in [0.1, 0.15) is 46.0 Å². The van der Waals surface area contributed by atoms with E-state index in [9.17, 15) is 9.59 Å². The lowest BCUT2D eigenvalue weighted by Crippen LogP contribution is -2.36. The average Bonchev–Trinajstić information content (AvgIpc) is 3.46. The molecule has 0 spiro atoms. The van der Waals surface area contributed by atoms with Crippen molar-refractivity contribution in [3.63, 3.8) is 0 Å². The predicted octanol–water partition coefficient (Wildman–Crippen LogP) is 3.05. The monoisotopic (exact) mass is 445 g/mol. The number of amides is 2. The molecule has 1 saturated carbocycles. The highest BCUT2D eigenvalue weighted by Crippen LogP contribution is 2.40. The van der Waals surface area contributed by atoms with Gasteiger partial charge in [-0.25, -0.2) is 0 Å². The van der Waals surface area contributed by atoms with Crippen LogP contribution in [0.2, 0.25) is 0 Å². The molecule has 1 aromatic rings. The molecule has 8 nitrogen and oxygen atoms in total. The number of rotatable bonds is 8. The average molecular weight is 446 g/mol. The summed E-state index contributed by atoms with van der Waals surface area (Å²) < 4.78 is 17.3. The molecule has 32 heavy (non-hydrogen) atoms. The highest BCUT2D eigenvalue weighted by atomic mass is 16.5. The zero-order valence-corrected chi connectivity index (χ0v) is 19.2. The molecule has 1 aromatic carbocycles. The lowest BCUT2D eigenvalue weighted by Gasteiger charge is -2.31. The SMILES string of the molecule is CCOc1cc(N2CCOCC2)c(OCC)cc1NC(=O)C1CC(=O)N(C2CCCC2)C1. The highest BCUT2D eigenvalue weighted by Gasteiger charge is 2.39. The number of carbonyl (C=O) groups is 2. The molecule has 0 aromatic heterocycles. The first-order chi connectivity index (χ1) is 15.6. The van der Waals surface area contributed by atoms with Crippen LogP contribution in [0, 0.1) is 5.92 Å². The fourth-order valence-corrected chi connectivity index (χ4v) is 4.96. The molecule has 2 heterocycles. The van der Waals surface area contributed by atoms with Crippen molar-refractivity contribution >= 4 is 23.2 Å². The Balaban J connectivity index is 1.53. The maximum Gasteiger partial charge on any atom is 0.229 e. The molecule has 1 unspecified atom stereocenters. The van der Waals surface area contributed by atoms with Crippen LogP contribution in [0.5, 0.6) is 11.5 Å². The lowest BCUT2D eigenvalue weighted by atomic mass is 10.1. The first-order valence-corrected chi connectivity index (χ1v) is 12.0. The van der Waals surface area contributed by atoms with Gasteiger partial charge in [0.15, 0.2) is 0 Å². The number of benzene rings is 1. The summed E-state index contributed by atoms with van der Waals surface area (Å²) in [6, 6.07) is 4.10. The molecule has 3 aliphatic rings. The first kappa shape index (κ1) is 22.7. The Hall–Kier alpha value is -2.48. The van der Waals surface area contributed by atoms with Gasteiger partial charge in [0.2, 0.25) is 11.8 Å². The number of nitrogens with zero attached hydrogens (tertiary/aromatic N) is 2. The predicted molar refractivity (Wildman–Crippen MR) is 123 cm³/mol. The summed E-state index contributed by atoms with van der Waals surface area (Å²) in [5.41, 5.74) is 1.53. The van der Waals surface area contributed by atoms with Crippen LogP contribution in [0.3, 0.4) is 0 Å². The van der Waals surface area contributed by atoms with Crippen LogP contribution in [0.15, 0.2) is 12.1 Å². The van der Waals surface area contributed by atoms with E-state index >= 15 is 0 Å². The lowest BCUT2D eigenvalue weighted by molar-refractivity contribution is -0.129. The van der Waals surface area contributed by atoms with Crippen molar-refractivity contribution in [2.24, 2.45) is 5.92 Å². The van der Waals surface area contributed by atoms with Crippen molar-refractivity contribution in [3.05, 3.63) is 12.1 Å². The molecular weight excluding hydrogens is 410 g/mol. The third-order valence-electron chi connectivity index (χ3n) is 6.57. The Bertz CT molecular complexity index is 818. The number of morpholine rings is 1. The van der Waals surface area contributed by atoms with Gasteiger partial charge in [-0.1, -0.05) is 12.8 Å². The Labute approximate surface area is 190 Å². The van der Waals surface area contributed by atoms with Crippen LogP contribution in [0.25, 0.3) is 0 Å². The summed E-state index contributed by atoms with van der Waals surface area (Å²) in [6.07, 6.45) is 4.71. The number of hydrogen-bond acceptors (Lipinski definition) is 6. The van der Waals surface area contributed by atoms with Gasteiger partial charge in [-0.3, -0.25) is 9.59 Å². The molecule has 2 amide bonds. The van der Waals surface area contributed by atoms with Crippen molar-refractivity contribution in [2.45, 2.75) is 52.0 Å². The van der Waals surface area contributed by atoms with Crippen molar-refractivity contribution in [3.8, 4) is 11.5 Å². The van der Waals surface area contributed by atoms with E-state index in [1.54, 1.807) is 0 Å². The number of anilines is 2. The van der Waals surface area contributed by atoms with E-state index in [1.807, 2.05) is 30.9 Å². The number of nitrogens with one attached hydrogen (secondary N) is 1. The summed E-state index contributed by atoms with van der Waals surface area (Å²) in [7, 11) is 0. The van der Waals surface area contributed by atoms with Crippen LogP contribution >= 0.6 is 0 Å². The molecule has 1 atom stereocenters. The van der Waals surface area contributed by atoms with Gasteiger partial charge < -0.3 is 29.3 Å². The number of carbonyl (C=O) groups excluding carboxylic acids is 2. The van der Waals surface area contributed by atoms with Gasteiger partial charge in [-0.2, -0.15) is 0 Å². The van der Waals surface area contributed by atoms with E-state index in [4.69, 9.17) is 14.2 Å². The molecule has 0 bridgehead atoms. The summed E-state index contributed by atoms with van der Waals surface area (Å²) >= 11 is 0. The van der Waals surface area contributed by atoms with Gasteiger partial charge in [0.05, 0.1) is 43.7 Å². The molecule has 1 N–H and O–H groups in total. The quantitative estimate of drug-likeness (QED) is 0.663. The Morgan fingerprint density at radius 2 is 1.78 bits per heavy atom. The summed E-state index contributed by atoms with van der Waals surface area (Å²) in [5.74, 6) is 0.944. The maximum atomic E-state index is 13.1. The molecule has 3 fully saturated rings. The molecule has 176 valence electrons. The van der Waals surface area contributed by atoms with Gasteiger partial charge in [-0.15, -0.1) is 0 Å². The second-order valence-electron chi connectivity index (χ2n) is 8.66. The third kappa shape index (κ3) is 4.95. The maximum absolute atomic E-state index is 13.1. The normalized spacial score (nSPS) is 21.8. The molecule has 1 aliphatic carbocycles. The minimum Gasteiger partial charge on any atom is -0.492 e. The third-order valence-corrected chi connectivity index (χ3v) is 6.57. The van der Waals surface area contributed by atoms with E-state index in [2.05, 4.69) is 10.2 Å². The van der Waals surface area contributed by atoms with Gasteiger partial charge in [0.25, 0.3) is 0 Å². The van der Waals surface area contributed by atoms with Crippen molar-refractivity contribution < 1.29 is 23.8 Å². The van der Waals surface area contributed by atoms with E-state index in [-0.39, 0.29) is 24.2 Å². The fourth-order valence-electron chi connectivity index (χ4n) is 4.96. The number of hydrogen-bond donors (Lipinski definition) is 1. The van der Waals surface area contributed by atoms with Crippen LogP contribution in [0.4, 0.5) is 11.4 Å². The van der Waals surface area contributed by atoms with Gasteiger partial charge in [0.1, 0.15) is 11.5 Å². The number of ether oxygens (including phenoxy) is 3. The van der Waals surface area contributed by atoms with E-state index < -0.39 is 0 Å². The summed E-state index contributed by atoms with van der Waals surface area (Å²) in [4.78, 5) is 29.8. The fraction of sp³-hybridized carbons (Fsp3) is 0.667. The molecular formula is C24H35N3O5. The van der Waals surface area contributed by atoms with Crippen LogP contribution in [-0.2, 0) is 14.3 Å². The van der Waals surface area contributed by atoms with Crippen molar-refractivity contribution in [1.29, 1.82) is 0 Å². The smallest absolute Gasteiger partial charge is 0.229 e. The summed E-state index contributed by atoms with van der Waals surface area (Å²) in [6.45, 7) is 8.26. The van der Waals surface area contributed by atoms with E-state index in [0.717, 1.165) is 31.6 Å². The topological polar surface area (TPSA) is 80.3 Å². The highest BCUT2D eigenvalue weighted by molar-refractivity contribution is 5.98. The van der Waals surface area contributed by atoms with Crippen molar-refractivity contribution in [2.75, 3.05) is 56.3 Å². The van der Waals surface area contributed by atoms with Gasteiger partial charge in [0, 0.05) is 44.2 Å². The molecule has 0 radical (unpaired) electrons. The standard InChI is InChI=1S/C24H35N3O5/c1-3-31-21-15-20(26-9-11-30-12-10-26)22(32-4-2)14-19(21)25-24(29)17-13-23(28)27(16-17)18-7-5-6-8-18/h14-15,17-18H,3-13,16H2,1-2H3,(H,25,29). The first-order valence-electron chi connectivity index (χ1n) is 12.0. The minimum atomic E-state index is -0.341. The Kier molecular flexibility index (Phi) is 7.40. The van der Waals surface area contributed by atoms with Crippen molar-refractivity contribution in [1.82, 2.24) is 4.90 Å². The van der Waals surface area contributed by atoms with E-state index in [1.165, 1.54) is 12.8 Å². The second kappa shape index (κ2) is 10.4. The second-order valence-corrected chi connectivity index (χ2v) is 8.66. The molecule has 4 rings (SSSR count). The molecule has 2 aliphatic heterocycles. The van der Waals surface area contributed by atoms with Gasteiger partial charge in [-0.05, 0) is 26.7 Å². The summed E-state index contributed by atoms with van der Waals surface area (Å²) in [5, 5.41) is 3.03. The van der Waals surface area contributed by atoms with Crippen LogP contribution < -0.4 is 19.7 Å². The molecule has 2 saturated heterocycles. The minimum absolute atomic E-state index is 0.0970. The number of likely N-dealkylation sites (tertiary alicyclic amines) is 1. The van der Waals surface area contributed by atoms with Crippen LogP contribution in [-0.4, -0.2) is 68.8 Å². The largest absolute Gasteiger partial charge is 0.492 e. The zero-order valence-electron chi connectivity index (χ0n) is 19.2. The Morgan fingerprint density at radius 3 is 2.47 bits per heavy atom. The zero-order chi connectivity index (χ0) is 22.5. The molecule has 8 heteroatoms. The van der Waals surface area contributed by atoms with Gasteiger partial charge >= 0.3 is 0 Å².